The second-order valence-electron chi connectivity index (χ2n) is 7.95. The van der Waals surface area contributed by atoms with Crippen molar-refractivity contribution in [1.82, 2.24) is 14.8 Å². The molecular formula is C22H19BrFN3O3. The van der Waals surface area contributed by atoms with Gasteiger partial charge in [-0.1, -0.05) is 28.1 Å². The summed E-state index contributed by atoms with van der Waals surface area (Å²) in [5.74, 6) is -0.546. The molecule has 0 aliphatic carbocycles. The van der Waals surface area contributed by atoms with Crippen LogP contribution in [-0.2, 0) is 11.2 Å². The standard InChI is InChI=1S/C22H19BrFN3O3/c1-22-11-16-15-6-5-13(24)10-17(15)25-18(16)19(12-3-2-4-14(28)9-12)27(22)21(30)26(8-7-23)20(22)29/h2-6,9-10,19,25,28H,7-8,11H2,1H3/t19-,22+/m1/s1. The van der Waals surface area contributed by atoms with Gasteiger partial charge in [-0.2, -0.15) is 0 Å². The highest BCUT2D eigenvalue weighted by molar-refractivity contribution is 9.09. The number of urea groups is 1. The lowest BCUT2D eigenvalue weighted by Gasteiger charge is -2.42. The molecule has 2 aliphatic heterocycles. The number of fused-ring (bicyclic) bond motifs is 4. The average Bonchev–Trinajstić information content (AvgIpc) is 3.14. The molecule has 3 amide bonds. The highest BCUT2D eigenvalue weighted by Gasteiger charge is 2.59. The van der Waals surface area contributed by atoms with E-state index in [0.29, 0.717) is 22.8 Å². The second kappa shape index (κ2) is 6.57. The quantitative estimate of drug-likeness (QED) is 0.446. The highest BCUT2D eigenvalue weighted by Crippen LogP contribution is 2.48. The molecule has 0 spiro atoms. The minimum Gasteiger partial charge on any atom is -0.508 e. The molecule has 2 N–H and O–H groups in total. The number of alkyl halides is 1. The molecule has 1 saturated heterocycles. The molecular weight excluding hydrogens is 453 g/mol. The number of phenolic OH excluding ortho intramolecular Hbond substituents is 1. The molecule has 2 aliphatic rings. The normalized spacial score (nSPS) is 23.2. The van der Waals surface area contributed by atoms with Crippen molar-refractivity contribution in [3.8, 4) is 5.75 Å². The topological polar surface area (TPSA) is 76.6 Å². The molecule has 2 aromatic carbocycles. The third-order valence-corrected chi connectivity index (χ3v) is 6.48. The van der Waals surface area contributed by atoms with Crippen LogP contribution in [0.1, 0.15) is 29.8 Å². The maximum absolute atomic E-state index is 13.9. The summed E-state index contributed by atoms with van der Waals surface area (Å²) in [6.45, 7) is 2.05. The summed E-state index contributed by atoms with van der Waals surface area (Å²) in [7, 11) is 0. The number of hydrogen-bond acceptors (Lipinski definition) is 3. The van der Waals surface area contributed by atoms with Crippen LogP contribution in [0.15, 0.2) is 42.5 Å². The van der Waals surface area contributed by atoms with E-state index in [1.54, 1.807) is 36.1 Å². The van der Waals surface area contributed by atoms with Crippen molar-refractivity contribution >= 4 is 38.8 Å². The van der Waals surface area contributed by atoms with Crippen LogP contribution in [0.2, 0.25) is 0 Å². The van der Waals surface area contributed by atoms with E-state index >= 15 is 0 Å². The maximum atomic E-state index is 13.9. The molecule has 1 fully saturated rings. The third-order valence-electron chi connectivity index (χ3n) is 6.12. The van der Waals surface area contributed by atoms with Gasteiger partial charge in [0.1, 0.15) is 23.1 Å². The van der Waals surface area contributed by atoms with Crippen molar-refractivity contribution < 1.29 is 19.1 Å². The predicted molar refractivity (Wildman–Crippen MR) is 113 cm³/mol. The summed E-state index contributed by atoms with van der Waals surface area (Å²) in [6.07, 6.45) is 0.326. The Kier molecular flexibility index (Phi) is 4.18. The summed E-state index contributed by atoms with van der Waals surface area (Å²) in [4.78, 5) is 32.9. The van der Waals surface area contributed by atoms with Crippen molar-refractivity contribution in [2.24, 2.45) is 0 Å². The first-order valence-corrected chi connectivity index (χ1v) is 10.8. The van der Waals surface area contributed by atoms with Gasteiger partial charge < -0.3 is 10.1 Å². The first-order valence-electron chi connectivity index (χ1n) is 9.65. The van der Waals surface area contributed by atoms with Crippen LogP contribution < -0.4 is 0 Å². The fraction of sp³-hybridized carbons (Fsp3) is 0.273. The van der Waals surface area contributed by atoms with Crippen molar-refractivity contribution in [1.29, 1.82) is 0 Å². The number of aromatic nitrogens is 1. The molecule has 0 radical (unpaired) electrons. The van der Waals surface area contributed by atoms with Gasteiger partial charge in [-0.25, -0.2) is 9.18 Å². The Bertz CT molecular complexity index is 1210. The number of H-pyrrole nitrogens is 1. The molecule has 0 unspecified atom stereocenters. The van der Waals surface area contributed by atoms with E-state index in [4.69, 9.17) is 0 Å². The molecule has 6 nitrogen and oxygen atoms in total. The number of halogens is 2. The largest absolute Gasteiger partial charge is 0.508 e. The molecule has 154 valence electrons. The molecule has 1 aromatic heterocycles. The smallest absolute Gasteiger partial charge is 0.328 e. The molecule has 2 atom stereocenters. The number of aromatic hydroxyl groups is 1. The van der Waals surface area contributed by atoms with Crippen LogP contribution in [0.25, 0.3) is 10.9 Å². The number of aromatic amines is 1. The zero-order valence-corrected chi connectivity index (χ0v) is 17.7. The van der Waals surface area contributed by atoms with Gasteiger partial charge in [0, 0.05) is 34.9 Å². The zero-order valence-electron chi connectivity index (χ0n) is 16.2. The van der Waals surface area contributed by atoms with E-state index in [9.17, 15) is 19.1 Å². The molecule has 30 heavy (non-hydrogen) atoms. The van der Waals surface area contributed by atoms with Crippen LogP contribution >= 0.6 is 15.9 Å². The van der Waals surface area contributed by atoms with Gasteiger partial charge in [0.2, 0.25) is 0 Å². The number of carbonyl (C=O) groups excluding carboxylic acids is 2. The van der Waals surface area contributed by atoms with Gasteiger partial charge in [0.25, 0.3) is 5.91 Å². The van der Waals surface area contributed by atoms with E-state index in [1.165, 1.54) is 17.0 Å². The molecule has 0 bridgehead atoms. The van der Waals surface area contributed by atoms with Crippen LogP contribution in [-0.4, -0.2) is 49.2 Å². The predicted octanol–water partition coefficient (Wildman–Crippen LogP) is 4.08. The SMILES string of the molecule is C[C@@]12Cc3c([nH]c4cc(F)ccc34)[C@@H](c3cccc(O)c3)N1C(=O)N(CCBr)C2=O. The van der Waals surface area contributed by atoms with Gasteiger partial charge in [-0.05, 0) is 48.4 Å². The fourth-order valence-electron chi connectivity index (χ4n) is 4.82. The maximum Gasteiger partial charge on any atom is 0.328 e. The van der Waals surface area contributed by atoms with Crippen LogP contribution in [0, 0.1) is 5.82 Å². The Hall–Kier alpha value is -2.87. The monoisotopic (exact) mass is 471 g/mol. The highest BCUT2D eigenvalue weighted by atomic mass is 79.9. The summed E-state index contributed by atoms with van der Waals surface area (Å²) >= 11 is 3.32. The summed E-state index contributed by atoms with van der Waals surface area (Å²) in [5.41, 5.74) is 1.84. The number of nitrogens with one attached hydrogen (secondary N) is 1. The summed E-state index contributed by atoms with van der Waals surface area (Å²) in [6, 6.07) is 10.2. The second-order valence-corrected chi connectivity index (χ2v) is 8.75. The van der Waals surface area contributed by atoms with Gasteiger partial charge >= 0.3 is 6.03 Å². The number of nitrogens with zero attached hydrogens (tertiary/aromatic N) is 2. The average molecular weight is 472 g/mol. The van der Waals surface area contributed by atoms with Crippen molar-refractivity contribution in [3.63, 3.8) is 0 Å². The number of amides is 3. The number of carbonyl (C=O) groups is 2. The minimum absolute atomic E-state index is 0.0683. The van der Waals surface area contributed by atoms with Crippen molar-refractivity contribution in [3.05, 3.63) is 65.1 Å². The van der Waals surface area contributed by atoms with Crippen molar-refractivity contribution in [2.75, 3.05) is 11.9 Å². The molecule has 3 heterocycles. The lowest BCUT2D eigenvalue weighted by Crippen LogP contribution is -2.53. The Morgan fingerprint density at radius 1 is 1.27 bits per heavy atom. The lowest BCUT2D eigenvalue weighted by molar-refractivity contribution is -0.133. The minimum atomic E-state index is -1.08. The van der Waals surface area contributed by atoms with Gasteiger partial charge in [-0.15, -0.1) is 0 Å². The molecule has 5 rings (SSSR count). The van der Waals surface area contributed by atoms with E-state index in [2.05, 4.69) is 20.9 Å². The number of benzene rings is 2. The molecule has 0 saturated carbocycles. The van der Waals surface area contributed by atoms with Crippen LogP contribution in [0.3, 0.4) is 0 Å². The fourth-order valence-corrected chi connectivity index (χ4v) is 5.17. The summed E-state index contributed by atoms with van der Waals surface area (Å²) < 4.78 is 13.9. The van der Waals surface area contributed by atoms with Crippen LogP contribution in [0.4, 0.5) is 9.18 Å². The van der Waals surface area contributed by atoms with E-state index in [-0.39, 0.29) is 30.0 Å². The Balaban J connectivity index is 1.78. The van der Waals surface area contributed by atoms with Crippen LogP contribution in [0.5, 0.6) is 5.75 Å². The van der Waals surface area contributed by atoms with E-state index in [1.807, 2.05) is 6.07 Å². The summed E-state index contributed by atoms with van der Waals surface area (Å²) in [5, 5.41) is 11.4. The first-order chi connectivity index (χ1) is 14.3. The third kappa shape index (κ3) is 2.52. The number of hydrogen-bond donors (Lipinski definition) is 2. The zero-order chi connectivity index (χ0) is 21.2. The Labute approximate surface area is 180 Å². The molecule has 3 aromatic rings. The Morgan fingerprint density at radius 2 is 2.07 bits per heavy atom. The molecule has 8 heteroatoms. The van der Waals surface area contributed by atoms with Gasteiger partial charge in [0.05, 0.1) is 0 Å². The number of rotatable bonds is 3. The van der Waals surface area contributed by atoms with Crippen molar-refractivity contribution in [2.45, 2.75) is 24.9 Å². The number of imide groups is 1. The van der Waals surface area contributed by atoms with Gasteiger partial charge in [-0.3, -0.25) is 14.6 Å². The number of phenols is 1. The van der Waals surface area contributed by atoms with Gasteiger partial charge in [0.15, 0.2) is 0 Å². The van der Waals surface area contributed by atoms with E-state index < -0.39 is 11.6 Å². The lowest BCUT2D eigenvalue weighted by atomic mass is 9.81. The Morgan fingerprint density at radius 3 is 2.80 bits per heavy atom. The first kappa shape index (κ1) is 19.1. The van der Waals surface area contributed by atoms with E-state index in [0.717, 1.165) is 16.6 Å².